The molecule has 0 radical (unpaired) electrons. The second kappa shape index (κ2) is 7.71. The van der Waals surface area contributed by atoms with Crippen molar-refractivity contribution < 1.29 is 0 Å². The lowest BCUT2D eigenvalue weighted by Crippen LogP contribution is -2.37. The first-order valence-electron chi connectivity index (χ1n) is 6.05. The molecule has 1 saturated heterocycles. The van der Waals surface area contributed by atoms with Gasteiger partial charge in [0, 0.05) is 22.6 Å². The van der Waals surface area contributed by atoms with Crippen LogP contribution in [0, 0.1) is 5.92 Å². The molecule has 1 unspecified atom stereocenters. The molecule has 1 aliphatic rings. The van der Waals surface area contributed by atoms with Crippen molar-refractivity contribution in [1.29, 1.82) is 0 Å². The molecule has 5 heteroatoms. The number of halogens is 3. The fourth-order valence-corrected chi connectivity index (χ4v) is 3.19. The Morgan fingerprint density at radius 1 is 1.44 bits per heavy atom. The third kappa shape index (κ3) is 4.39. The van der Waals surface area contributed by atoms with E-state index < -0.39 is 0 Å². The van der Waals surface area contributed by atoms with Gasteiger partial charge in [-0.25, -0.2) is 0 Å². The molecule has 18 heavy (non-hydrogen) atoms. The minimum Gasteiger partial charge on any atom is -0.330 e. The molecule has 0 spiro atoms. The van der Waals surface area contributed by atoms with Crippen molar-refractivity contribution in [3.05, 3.63) is 33.3 Å². The van der Waals surface area contributed by atoms with Crippen LogP contribution in [0.2, 0.25) is 5.02 Å². The largest absolute Gasteiger partial charge is 0.330 e. The number of hydrogen-bond donors (Lipinski definition) is 1. The maximum absolute atomic E-state index is 5.95. The summed E-state index contributed by atoms with van der Waals surface area (Å²) < 4.78 is 1.10. The standard InChI is InChI=1S/C13H18BrClN2.ClH/c14-13-6-12(15)4-3-11(13)9-17-5-1-2-10(7-16)8-17;/h3-4,6,10H,1-2,5,7-9,16H2;1H. The first kappa shape index (κ1) is 16.3. The van der Waals surface area contributed by atoms with E-state index >= 15 is 0 Å². The van der Waals surface area contributed by atoms with Crippen molar-refractivity contribution in [1.82, 2.24) is 4.90 Å². The molecule has 1 aromatic rings. The van der Waals surface area contributed by atoms with Crippen molar-refractivity contribution in [3.63, 3.8) is 0 Å². The van der Waals surface area contributed by atoms with Crippen LogP contribution in [0.25, 0.3) is 0 Å². The van der Waals surface area contributed by atoms with Gasteiger partial charge in [-0.1, -0.05) is 33.6 Å². The summed E-state index contributed by atoms with van der Waals surface area (Å²) in [7, 11) is 0. The van der Waals surface area contributed by atoms with E-state index in [0.29, 0.717) is 5.92 Å². The number of piperidine rings is 1. The van der Waals surface area contributed by atoms with Gasteiger partial charge in [0.05, 0.1) is 0 Å². The molecule has 0 aliphatic carbocycles. The molecule has 1 atom stereocenters. The SMILES string of the molecule is Cl.NCC1CCCN(Cc2ccc(Cl)cc2Br)C1. The minimum atomic E-state index is 0. The average Bonchev–Trinajstić information content (AvgIpc) is 2.33. The predicted molar refractivity (Wildman–Crippen MR) is 83.5 cm³/mol. The van der Waals surface area contributed by atoms with Crippen LogP contribution in [0.5, 0.6) is 0 Å². The topological polar surface area (TPSA) is 29.3 Å². The summed E-state index contributed by atoms with van der Waals surface area (Å²) in [6, 6.07) is 6.01. The highest BCUT2D eigenvalue weighted by Gasteiger charge is 2.19. The van der Waals surface area contributed by atoms with Gasteiger partial charge >= 0.3 is 0 Å². The Labute approximate surface area is 128 Å². The molecule has 2 rings (SSSR count). The zero-order chi connectivity index (χ0) is 12.3. The summed E-state index contributed by atoms with van der Waals surface area (Å²) >= 11 is 9.52. The van der Waals surface area contributed by atoms with E-state index in [2.05, 4.69) is 26.9 Å². The molecule has 2 nitrogen and oxygen atoms in total. The number of likely N-dealkylation sites (tertiary alicyclic amines) is 1. The van der Waals surface area contributed by atoms with Crippen molar-refractivity contribution >= 4 is 39.9 Å². The first-order chi connectivity index (χ1) is 8.19. The van der Waals surface area contributed by atoms with Gasteiger partial charge in [-0.05, 0) is 49.5 Å². The second-order valence-electron chi connectivity index (χ2n) is 4.71. The summed E-state index contributed by atoms with van der Waals surface area (Å²) in [4.78, 5) is 2.48. The van der Waals surface area contributed by atoms with Crippen LogP contribution in [-0.4, -0.2) is 24.5 Å². The van der Waals surface area contributed by atoms with Gasteiger partial charge in [0.25, 0.3) is 0 Å². The van der Waals surface area contributed by atoms with E-state index in [-0.39, 0.29) is 12.4 Å². The van der Waals surface area contributed by atoms with E-state index in [1.807, 2.05) is 12.1 Å². The van der Waals surface area contributed by atoms with Crippen molar-refractivity contribution in [2.24, 2.45) is 11.7 Å². The fraction of sp³-hybridized carbons (Fsp3) is 0.538. The lowest BCUT2D eigenvalue weighted by atomic mass is 9.98. The maximum Gasteiger partial charge on any atom is 0.0417 e. The molecule has 1 aliphatic heterocycles. The molecule has 1 heterocycles. The van der Waals surface area contributed by atoms with E-state index in [4.69, 9.17) is 17.3 Å². The zero-order valence-corrected chi connectivity index (χ0v) is 13.4. The highest BCUT2D eigenvalue weighted by atomic mass is 79.9. The van der Waals surface area contributed by atoms with Crippen LogP contribution in [0.1, 0.15) is 18.4 Å². The van der Waals surface area contributed by atoms with Gasteiger partial charge < -0.3 is 5.73 Å². The number of benzene rings is 1. The summed E-state index contributed by atoms with van der Waals surface area (Å²) in [5.74, 6) is 0.662. The molecule has 1 aromatic carbocycles. The van der Waals surface area contributed by atoms with Crippen LogP contribution in [0.15, 0.2) is 22.7 Å². The van der Waals surface area contributed by atoms with Gasteiger partial charge in [0.2, 0.25) is 0 Å². The van der Waals surface area contributed by atoms with E-state index in [9.17, 15) is 0 Å². The third-order valence-corrected chi connectivity index (χ3v) is 4.32. The lowest BCUT2D eigenvalue weighted by molar-refractivity contribution is 0.171. The van der Waals surface area contributed by atoms with Gasteiger partial charge in [-0.3, -0.25) is 4.90 Å². The Bertz CT molecular complexity index is 387. The summed E-state index contributed by atoms with van der Waals surface area (Å²) in [6.07, 6.45) is 2.53. The Morgan fingerprint density at radius 3 is 2.89 bits per heavy atom. The molecule has 0 aromatic heterocycles. The van der Waals surface area contributed by atoms with Gasteiger partial charge in [-0.15, -0.1) is 12.4 Å². The summed E-state index contributed by atoms with van der Waals surface area (Å²) in [6.45, 7) is 4.07. The number of rotatable bonds is 3. The van der Waals surface area contributed by atoms with E-state index in [0.717, 1.165) is 29.1 Å². The fourth-order valence-electron chi connectivity index (χ4n) is 2.38. The van der Waals surface area contributed by atoms with Crippen LogP contribution in [0.3, 0.4) is 0 Å². The van der Waals surface area contributed by atoms with Crippen molar-refractivity contribution in [2.45, 2.75) is 19.4 Å². The molecule has 0 amide bonds. The van der Waals surface area contributed by atoms with Gasteiger partial charge in [-0.2, -0.15) is 0 Å². The molecule has 102 valence electrons. The predicted octanol–water partition coefficient (Wildman–Crippen LogP) is 3.70. The Balaban J connectivity index is 0.00000162. The molecular weight excluding hydrogens is 335 g/mol. The highest BCUT2D eigenvalue weighted by Crippen LogP contribution is 2.24. The number of nitrogens with two attached hydrogens (primary N) is 1. The Kier molecular flexibility index (Phi) is 6.96. The monoisotopic (exact) mass is 352 g/mol. The first-order valence-corrected chi connectivity index (χ1v) is 7.22. The average molecular weight is 354 g/mol. The molecular formula is C13H19BrCl2N2. The third-order valence-electron chi connectivity index (χ3n) is 3.35. The van der Waals surface area contributed by atoms with Gasteiger partial charge in [0.1, 0.15) is 0 Å². The Hall–Kier alpha value is 0.200. The Morgan fingerprint density at radius 2 is 2.22 bits per heavy atom. The van der Waals surface area contributed by atoms with Crippen LogP contribution in [-0.2, 0) is 6.54 Å². The lowest BCUT2D eigenvalue weighted by Gasteiger charge is -2.32. The molecule has 2 N–H and O–H groups in total. The molecule has 1 fully saturated rings. The van der Waals surface area contributed by atoms with Crippen LogP contribution >= 0.6 is 39.9 Å². The van der Waals surface area contributed by atoms with E-state index in [1.54, 1.807) is 0 Å². The summed E-state index contributed by atoms with van der Waals surface area (Å²) in [5.41, 5.74) is 7.05. The zero-order valence-electron chi connectivity index (χ0n) is 10.2. The quantitative estimate of drug-likeness (QED) is 0.897. The molecule has 0 bridgehead atoms. The van der Waals surface area contributed by atoms with Crippen molar-refractivity contribution in [3.8, 4) is 0 Å². The number of nitrogens with zero attached hydrogens (tertiary/aromatic N) is 1. The highest BCUT2D eigenvalue weighted by molar-refractivity contribution is 9.10. The smallest absolute Gasteiger partial charge is 0.0417 e. The minimum absolute atomic E-state index is 0. The number of hydrogen-bond acceptors (Lipinski definition) is 2. The summed E-state index contributed by atoms with van der Waals surface area (Å²) in [5, 5.41) is 0.777. The second-order valence-corrected chi connectivity index (χ2v) is 6.01. The van der Waals surface area contributed by atoms with E-state index in [1.165, 1.54) is 24.9 Å². The maximum atomic E-state index is 5.95. The normalized spacial score (nSPS) is 20.5. The molecule has 0 saturated carbocycles. The van der Waals surface area contributed by atoms with Crippen molar-refractivity contribution in [2.75, 3.05) is 19.6 Å². The van der Waals surface area contributed by atoms with Gasteiger partial charge in [0.15, 0.2) is 0 Å². The van der Waals surface area contributed by atoms with Crippen LogP contribution < -0.4 is 5.73 Å². The van der Waals surface area contributed by atoms with Crippen LogP contribution in [0.4, 0.5) is 0 Å².